The molecule has 0 bridgehead atoms. The van der Waals surface area contributed by atoms with Crippen molar-refractivity contribution in [3.05, 3.63) is 48.2 Å². The predicted octanol–water partition coefficient (Wildman–Crippen LogP) is 1.13. The van der Waals surface area contributed by atoms with Crippen molar-refractivity contribution in [2.45, 2.75) is 25.9 Å². The fraction of sp³-hybridized carbons (Fsp3) is 0.412. The van der Waals surface area contributed by atoms with E-state index in [1.807, 2.05) is 19.1 Å². The second kappa shape index (κ2) is 7.77. The van der Waals surface area contributed by atoms with Crippen LogP contribution in [0.15, 0.2) is 36.9 Å². The van der Waals surface area contributed by atoms with Crippen LogP contribution in [-0.4, -0.2) is 58.3 Å². The summed E-state index contributed by atoms with van der Waals surface area (Å²) in [5, 5.41) is 3.14. The molecule has 1 fully saturated rings. The third kappa shape index (κ3) is 4.34. The van der Waals surface area contributed by atoms with E-state index in [0.717, 1.165) is 5.56 Å². The third-order valence-corrected chi connectivity index (χ3v) is 6.08. The van der Waals surface area contributed by atoms with Crippen LogP contribution in [0.2, 0.25) is 0 Å². The van der Waals surface area contributed by atoms with Crippen molar-refractivity contribution in [1.82, 2.24) is 19.9 Å². The predicted molar refractivity (Wildman–Crippen MR) is 97.4 cm³/mol. The molecular weight excluding hydrogens is 354 g/mol. The fourth-order valence-corrected chi connectivity index (χ4v) is 4.73. The Morgan fingerprint density at radius 3 is 2.88 bits per heavy atom. The summed E-state index contributed by atoms with van der Waals surface area (Å²) in [6, 6.07) is 5.08. The highest BCUT2D eigenvalue weighted by Crippen LogP contribution is 2.20. The molecule has 3 heterocycles. The number of nitrogens with one attached hydrogen (secondary N) is 1. The normalized spacial score (nSPS) is 18.4. The SMILES string of the molecule is CCN(C(=O)c1cc(NCc2cccnc2)ncn1)C1CCS(=O)(=O)C1. The molecule has 1 unspecified atom stereocenters. The fourth-order valence-electron chi connectivity index (χ4n) is 3.00. The third-order valence-electron chi connectivity index (χ3n) is 4.33. The molecule has 1 amide bonds. The topological polar surface area (TPSA) is 105 Å². The van der Waals surface area contributed by atoms with Crippen molar-refractivity contribution in [3.8, 4) is 0 Å². The number of hydrogen-bond acceptors (Lipinski definition) is 7. The maximum Gasteiger partial charge on any atom is 0.272 e. The lowest BCUT2D eigenvalue weighted by atomic mass is 10.2. The maximum absolute atomic E-state index is 12.8. The molecule has 0 aromatic carbocycles. The van der Waals surface area contributed by atoms with Crippen molar-refractivity contribution < 1.29 is 13.2 Å². The van der Waals surface area contributed by atoms with Crippen molar-refractivity contribution >= 4 is 21.6 Å². The average molecular weight is 375 g/mol. The van der Waals surface area contributed by atoms with Crippen molar-refractivity contribution in [1.29, 1.82) is 0 Å². The summed E-state index contributed by atoms with van der Waals surface area (Å²) in [7, 11) is -3.06. The van der Waals surface area contributed by atoms with Crippen LogP contribution in [0.5, 0.6) is 0 Å². The van der Waals surface area contributed by atoms with Gasteiger partial charge in [-0.3, -0.25) is 9.78 Å². The first-order valence-electron chi connectivity index (χ1n) is 8.44. The lowest BCUT2D eigenvalue weighted by molar-refractivity contribution is 0.0702. The molecule has 9 heteroatoms. The molecule has 0 saturated carbocycles. The zero-order chi connectivity index (χ0) is 18.6. The first kappa shape index (κ1) is 18.2. The zero-order valence-electron chi connectivity index (χ0n) is 14.5. The van der Waals surface area contributed by atoms with Gasteiger partial charge in [0.25, 0.3) is 5.91 Å². The molecule has 1 saturated heterocycles. The Hall–Kier alpha value is -2.55. The molecule has 138 valence electrons. The van der Waals surface area contributed by atoms with Gasteiger partial charge in [0.1, 0.15) is 17.8 Å². The van der Waals surface area contributed by atoms with Gasteiger partial charge in [-0.2, -0.15) is 0 Å². The summed E-state index contributed by atoms with van der Waals surface area (Å²) in [5.41, 5.74) is 1.24. The van der Waals surface area contributed by atoms with Crippen LogP contribution in [-0.2, 0) is 16.4 Å². The molecule has 1 N–H and O–H groups in total. The molecule has 1 aliphatic rings. The highest BCUT2D eigenvalue weighted by molar-refractivity contribution is 7.91. The molecule has 0 spiro atoms. The number of aromatic nitrogens is 3. The Morgan fingerprint density at radius 1 is 1.38 bits per heavy atom. The number of carbonyl (C=O) groups excluding carboxylic acids is 1. The summed E-state index contributed by atoms with van der Waals surface area (Å²) in [4.78, 5) is 26.6. The quantitative estimate of drug-likeness (QED) is 0.807. The van der Waals surface area contributed by atoms with Crippen LogP contribution in [0.1, 0.15) is 29.4 Å². The molecule has 8 nitrogen and oxygen atoms in total. The molecule has 2 aromatic rings. The van der Waals surface area contributed by atoms with Gasteiger partial charge in [-0.25, -0.2) is 18.4 Å². The highest BCUT2D eigenvalue weighted by Gasteiger charge is 2.34. The minimum Gasteiger partial charge on any atom is -0.366 e. The van der Waals surface area contributed by atoms with E-state index in [9.17, 15) is 13.2 Å². The second-order valence-electron chi connectivity index (χ2n) is 6.15. The molecule has 1 aliphatic heterocycles. The Balaban J connectivity index is 1.71. The summed E-state index contributed by atoms with van der Waals surface area (Å²) in [6.07, 6.45) is 5.25. The van der Waals surface area contributed by atoms with Crippen molar-refractivity contribution in [2.24, 2.45) is 0 Å². The molecule has 0 aliphatic carbocycles. The van der Waals surface area contributed by atoms with E-state index >= 15 is 0 Å². The van der Waals surface area contributed by atoms with Crippen LogP contribution in [0, 0.1) is 0 Å². The van der Waals surface area contributed by atoms with Crippen molar-refractivity contribution in [2.75, 3.05) is 23.4 Å². The summed E-state index contributed by atoms with van der Waals surface area (Å²) in [5.74, 6) is 0.399. The number of sulfone groups is 1. The van der Waals surface area contributed by atoms with E-state index in [1.165, 1.54) is 6.33 Å². The summed E-state index contributed by atoms with van der Waals surface area (Å²) < 4.78 is 23.4. The Kier molecular flexibility index (Phi) is 5.46. The summed E-state index contributed by atoms with van der Waals surface area (Å²) >= 11 is 0. The maximum atomic E-state index is 12.8. The van der Waals surface area contributed by atoms with Gasteiger partial charge in [0.05, 0.1) is 11.5 Å². The first-order valence-corrected chi connectivity index (χ1v) is 10.3. The zero-order valence-corrected chi connectivity index (χ0v) is 15.3. The number of rotatable bonds is 6. The van der Waals surface area contributed by atoms with Crippen LogP contribution in [0.4, 0.5) is 5.82 Å². The number of pyridine rings is 1. The Bertz CT molecular complexity index is 873. The van der Waals surface area contributed by atoms with Crippen LogP contribution in [0.25, 0.3) is 0 Å². The van der Waals surface area contributed by atoms with E-state index in [4.69, 9.17) is 0 Å². The first-order chi connectivity index (χ1) is 12.5. The lowest BCUT2D eigenvalue weighted by Crippen LogP contribution is -2.41. The van der Waals surface area contributed by atoms with Gasteiger partial charge in [-0.1, -0.05) is 6.07 Å². The minimum absolute atomic E-state index is 0.0176. The van der Waals surface area contributed by atoms with Crippen LogP contribution < -0.4 is 5.32 Å². The number of amides is 1. The highest BCUT2D eigenvalue weighted by atomic mass is 32.2. The van der Waals surface area contributed by atoms with Gasteiger partial charge < -0.3 is 10.2 Å². The van der Waals surface area contributed by atoms with E-state index in [-0.39, 0.29) is 29.1 Å². The van der Waals surface area contributed by atoms with Gasteiger partial charge in [-0.05, 0) is 25.0 Å². The van der Waals surface area contributed by atoms with Crippen molar-refractivity contribution in [3.63, 3.8) is 0 Å². The number of carbonyl (C=O) groups is 1. The van der Waals surface area contributed by atoms with Gasteiger partial charge in [0.15, 0.2) is 9.84 Å². The Morgan fingerprint density at radius 2 is 2.23 bits per heavy atom. The monoisotopic (exact) mass is 375 g/mol. The Labute approximate surface area is 152 Å². The summed E-state index contributed by atoms with van der Waals surface area (Å²) in [6.45, 7) is 2.80. The molecule has 0 radical (unpaired) electrons. The van der Waals surface area contributed by atoms with E-state index in [2.05, 4.69) is 20.3 Å². The molecular formula is C17H21N5O3S. The second-order valence-corrected chi connectivity index (χ2v) is 8.38. The van der Waals surface area contributed by atoms with Gasteiger partial charge in [-0.15, -0.1) is 0 Å². The van der Waals surface area contributed by atoms with Gasteiger partial charge >= 0.3 is 0 Å². The van der Waals surface area contributed by atoms with Gasteiger partial charge in [0.2, 0.25) is 0 Å². The molecule has 1 atom stereocenters. The van der Waals surface area contributed by atoms with E-state index < -0.39 is 9.84 Å². The minimum atomic E-state index is -3.06. The standard InChI is InChI=1S/C17H21N5O3S/c1-2-22(14-5-7-26(24,25)11-14)17(23)15-8-16(21-12-20-15)19-10-13-4-3-6-18-9-13/h3-4,6,8-9,12,14H,2,5,7,10-11H2,1H3,(H,19,20,21). The molecule has 2 aromatic heterocycles. The smallest absolute Gasteiger partial charge is 0.272 e. The average Bonchev–Trinajstić information content (AvgIpc) is 3.01. The van der Waals surface area contributed by atoms with E-state index in [1.54, 1.807) is 23.4 Å². The van der Waals surface area contributed by atoms with Gasteiger partial charge in [0, 0.05) is 37.6 Å². The van der Waals surface area contributed by atoms with Crippen LogP contribution in [0.3, 0.4) is 0 Å². The molecule has 3 rings (SSSR count). The largest absolute Gasteiger partial charge is 0.366 e. The number of nitrogens with zero attached hydrogens (tertiary/aromatic N) is 4. The molecule has 26 heavy (non-hydrogen) atoms. The number of hydrogen-bond donors (Lipinski definition) is 1. The van der Waals surface area contributed by atoms with Crippen LogP contribution >= 0.6 is 0 Å². The number of anilines is 1. The van der Waals surface area contributed by atoms with E-state index in [0.29, 0.717) is 25.3 Å². The lowest BCUT2D eigenvalue weighted by Gasteiger charge is -2.26.